The van der Waals surface area contributed by atoms with Gasteiger partial charge in [0, 0.05) is 11.6 Å². The molecular weight excluding hydrogens is 264 g/mol. The van der Waals surface area contributed by atoms with Crippen molar-refractivity contribution >= 4 is 15.9 Å². The van der Waals surface area contributed by atoms with Crippen LogP contribution < -0.4 is 9.44 Å². The van der Waals surface area contributed by atoms with E-state index < -0.39 is 10.2 Å². The third kappa shape index (κ3) is 4.24. The predicted octanol–water partition coefficient (Wildman–Crippen LogP) is 0.748. The van der Waals surface area contributed by atoms with Gasteiger partial charge in [-0.3, -0.25) is 4.72 Å². The molecule has 1 aromatic carbocycles. The van der Waals surface area contributed by atoms with Crippen molar-refractivity contribution < 1.29 is 13.5 Å². The maximum absolute atomic E-state index is 11.8. The molecule has 0 atom stereocenters. The maximum Gasteiger partial charge on any atom is 0.299 e. The van der Waals surface area contributed by atoms with Crippen LogP contribution in [0.1, 0.15) is 24.0 Å². The summed E-state index contributed by atoms with van der Waals surface area (Å²) in [5.41, 5.74) is 1.97. The molecule has 1 fully saturated rings. The first-order valence-electron chi connectivity index (χ1n) is 6.00. The number of nitrogens with one attached hydrogen (secondary N) is 2. The number of aryl methyl sites for hydroxylation is 1. The fraction of sp³-hybridized carbons (Fsp3) is 0.385. The summed E-state index contributed by atoms with van der Waals surface area (Å²) in [4.78, 5) is 0. The monoisotopic (exact) mass is 280 g/mol. The molecule has 1 saturated carbocycles. The summed E-state index contributed by atoms with van der Waals surface area (Å²) in [6.45, 7) is 1.59. The summed E-state index contributed by atoms with van der Waals surface area (Å²) in [5, 5.41) is 8.65. The third-order valence-corrected chi connectivity index (χ3v) is 3.83. The van der Waals surface area contributed by atoms with Gasteiger partial charge in [0.2, 0.25) is 0 Å². The average molecular weight is 280 g/mol. The van der Waals surface area contributed by atoms with Crippen molar-refractivity contribution in [3.8, 4) is 11.8 Å². The lowest BCUT2D eigenvalue weighted by Gasteiger charge is -2.11. The van der Waals surface area contributed by atoms with Gasteiger partial charge in [0.15, 0.2) is 0 Å². The molecule has 5 nitrogen and oxygen atoms in total. The van der Waals surface area contributed by atoms with Gasteiger partial charge in [-0.05, 0) is 37.5 Å². The zero-order chi connectivity index (χ0) is 13.9. The molecule has 0 bridgehead atoms. The van der Waals surface area contributed by atoms with Crippen LogP contribution in [-0.2, 0) is 10.2 Å². The summed E-state index contributed by atoms with van der Waals surface area (Å²) in [7, 11) is -3.53. The van der Waals surface area contributed by atoms with Gasteiger partial charge in [-0.2, -0.15) is 13.1 Å². The summed E-state index contributed by atoms with van der Waals surface area (Å²) in [6.07, 6.45) is 1.78. The Morgan fingerprint density at radius 2 is 2.16 bits per heavy atom. The molecule has 0 aliphatic heterocycles. The number of aliphatic hydroxyl groups excluding tert-OH is 1. The van der Waals surface area contributed by atoms with Gasteiger partial charge in [-0.15, -0.1) is 0 Å². The second-order valence-corrected chi connectivity index (χ2v) is 5.93. The van der Waals surface area contributed by atoms with Crippen molar-refractivity contribution in [3.63, 3.8) is 0 Å². The van der Waals surface area contributed by atoms with Crippen LogP contribution in [0.5, 0.6) is 0 Å². The molecule has 2 rings (SSSR count). The highest BCUT2D eigenvalue weighted by molar-refractivity contribution is 7.90. The van der Waals surface area contributed by atoms with Crippen LogP contribution >= 0.6 is 0 Å². The van der Waals surface area contributed by atoms with E-state index in [1.165, 1.54) is 0 Å². The van der Waals surface area contributed by atoms with Gasteiger partial charge in [0.1, 0.15) is 6.61 Å². The molecule has 1 aromatic rings. The Balaban J connectivity index is 2.18. The van der Waals surface area contributed by atoms with E-state index in [9.17, 15) is 8.42 Å². The molecular formula is C13H16N2O3S. The number of benzene rings is 1. The normalized spacial score (nSPS) is 14.6. The van der Waals surface area contributed by atoms with E-state index in [0.717, 1.165) is 18.4 Å². The van der Waals surface area contributed by atoms with Gasteiger partial charge in [0.25, 0.3) is 10.2 Å². The van der Waals surface area contributed by atoms with Crippen LogP contribution in [0.3, 0.4) is 0 Å². The smallest absolute Gasteiger partial charge is 0.299 e. The number of aliphatic hydroxyl groups is 1. The van der Waals surface area contributed by atoms with E-state index >= 15 is 0 Å². The van der Waals surface area contributed by atoms with E-state index in [2.05, 4.69) is 21.3 Å². The number of anilines is 1. The van der Waals surface area contributed by atoms with Gasteiger partial charge >= 0.3 is 0 Å². The predicted molar refractivity (Wildman–Crippen MR) is 73.8 cm³/mol. The van der Waals surface area contributed by atoms with Gasteiger partial charge in [-0.1, -0.05) is 17.9 Å². The lowest BCUT2D eigenvalue weighted by molar-refractivity contribution is 0.350. The van der Waals surface area contributed by atoms with Gasteiger partial charge in [-0.25, -0.2) is 0 Å². The van der Waals surface area contributed by atoms with Crippen LogP contribution in [0.4, 0.5) is 5.69 Å². The summed E-state index contributed by atoms with van der Waals surface area (Å²) in [5.74, 6) is 5.27. The maximum atomic E-state index is 11.8. The van der Waals surface area contributed by atoms with Crippen molar-refractivity contribution in [3.05, 3.63) is 29.3 Å². The quantitative estimate of drug-likeness (QED) is 0.712. The Morgan fingerprint density at radius 3 is 2.79 bits per heavy atom. The molecule has 0 spiro atoms. The topological polar surface area (TPSA) is 78.4 Å². The molecule has 0 radical (unpaired) electrons. The zero-order valence-corrected chi connectivity index (χ0v) is 11.4. The number of hydrogen-bond donors (Lipinski definition) is 3. The highest BCUT2D eigenvalue weighted by Gasteiger charge is 2.27. The standard InChI is InChI=1S/C13H16N2O3S/c1-10-4-5-11(3-2-8-16)9-13(10)15-19(17,18)14-12-6-7-12/h4-5,9,12,14-16H,6-8H2,1H3. The molecule has 0 amide bonds. The van der Waals surface area contributed by atoms with Crippen LogP contribution in [0.2, 0.25) is 0 Å². The molecule has 6 heteroatoms. The lowest BCUT2D eigenvalue weighted by Crippen LogP contribution is -2.32. The highest BCUT2D eigenvalue weighted by Crippen LogP contribution is 2.22. The number of hydrogen-bond acceptors (Lipinski definition) is 3. The molecule has 19 heavy (non-hydrogen) atoms. The first kappa shape index (κ1) is 13.9. The van der Waals surface area contributed by atoms with E-state index in [0.29, 0.717) is 11.3 Å². The molecule has 1 aliphatic rings. The number of rotatable bonds is 4. The van der Waals surface area contributed by atoms with Gasteiger partial charge in [0.05, 0.1) is 5.69 Å². The van der Waals surface area contributed by atoms with Crippen LogP contribution in [0.15, 0.2) is 18.2 Å². The molecule has 0 heterocycles. The lowest BCUT2D eigenvalue weighted by atomic mass is 10.1. The first-order chi connectivity index (χ1) is 9.00. The Labute approximate surface area is 113 Å². The Kier molecular flexibility index (Phi) is 4.10. The molecule has 0 aromatic heterocycles. The van der Waals surface area contributed by atoms with E-state index in [1.807, 2.05) is 6.92 Å². The Bertz CT molecular complexity index is 625. The van der Waals surface area contributed by atoms with E-state index in [4.69, 9.17) is 5.11 Å². The van der Waals surface area contributed by atoms with Crippen molar-refractivity contribution in [2.45, 2.75) is 25.8 Å². The molecule has 0 unspecified atom stereocenters. The first-order valence-corrected chi connectivity index (χ1v) is 7.49. The van der Waals surface area contributed by atoms with Gasteiger partial charge < -0.3 is 5.11 Å². The minimum Gasteiger partial charge on any atom is -0.384 e. The van der Waals surface area contributed by atoms with Crippen molar-refractivity contribution in [2.75, 3.05) is 11.3 Å². The van der Waals surface area contributed by atoms with E-state index in [1.54, 1.807) is 18.2 Å². The fourth-order valence-corrected chi connectivity index (χ4v) is 2.79. The second kappa shape index (κ2) is 5.61. The Morgan fingerprint density at radius 1 is 1.42 bits per heavy atom. The van der Waals surface area contributed by atoms with Crippen LogP contribution in [0.25, 0.3) is 0 Å². The highest BCUT2D eigenvalue weighted by atomic mass is 32.2. The minimum atomic E-state index is -3.53. The van der Waals surface area contributed by atoms with E-state index in [-0.39, 0.29) is 12.6 Å². The zero-order valence-electron chi connectivity index (χ0n) is 10.6. The molecule has 1 aliphatic carbocycles. The van der Waals surface area contributed by atoms with Crippen LogP contribution in [0, 0.1) is 18.8 Å². The van der Waals surface area contributed by atoms with Crippen LogP contribution in [-0.4, -0.2) is 26.2 Å². The summed E-state index contributed by atoms with van der Waals surface area (Å²) >= 11 is 0. The SMILES string of the molecule is Cc1ccc(C#CCO)cc1NS(=O)(=O)NC1CC1. The Hall–Kier alpha value is -1.55. The van der Waals surface area contributed by atoms with Crippen molar-refractivity contribution in [1.82, 2.24) is 4.72 Å². The third-order valence-electron chi connectivity index (χ3n) is 2.69. The largest absolute Gasteiger partial charge is 0.384 e. The average Bonchev–Trinajstić information content (AvgIpc) is 3.13. The molecule has 3 N–H and O–H groups in total. The van der Waals surface area contributed by atoms with Crippen molar-refractivity contribution in [1.29, 1.82) is 0 Å². The fourth-order valence-electron chi connectivity index (χ4n) is 1.55. The summed E-state index contributed by atoms with van der Waals surface area (Å²) < 4.78 is 28.7. The molecule has 102 valence electrons. The van der Waals surface area contributed by atoms with Crippen molar-refractivity contribution in [2.24, 2.45) is 0 Å². The second-order valence-electron chi connectivity index (χ2n) is 4.49. The minimum absolute atomic E-state index is 0.0650. The summed E-state index contributed by atoms with van der Waals surface area (Å²) in [6, 6.07) is 5.29. The molecule has 0 saturated heterocycles.